The highest BCUT2D eigenvalue weighted by Crippen LogP contribution is 2.32. The van der Waals surface area contributed by atoms with Crippen LogP contribution >= 0.6 is 0 Å². The molecular formula is C19H24O4. The summed E-state index contributed by atoms with van der Waals surface area (Å²) in [5.74, 6) is -0.234. The lowest BCUT2D eigenvalue weighted by Crippen LogP contribution is -2.02. The van der Waals surface area contributed by atoms with Crippen molar-refractivity contribution in [2.45, 2.75) is 40.9 Å². The quantitative estimate of drug-likeness (QED) is 0.838. The van der Waals surface area contributed by atoms with Gasteiger partial charge in [0.1, 0.15) is 12.4 Å². The maximum absolute atomic E-state index is 11.0. The molecule has 0 heterocycles. The van der Waals surface area contributed by atoms with Crippen molar-refractivity contribution in [1.82, 2.24) is 0 Å². The molecule has 0 radical (unpaired) electrons. The van der Waals surface area contributed by atoms with Crippen LogP contribution in [-0.2, 0) is 22.7 Å². The smallest absolute Gasteiger partial charge is 0.302 e. The van der Waals surface area contributed by atoms with Crippen molar-refractivity contribution in [3.05, 3.63) is 53.1 Å². The van der Waals surface area contributed by atoms with Crippen LogP contribution in [0, 0.1) is 6.92 Å². The van der Waals surface area contributed by atoms with Crippen molar-refractivity contribution < 1.29 is 19.7 Å². The van der Waals surface area contributed by atoms with Crippen molar-refractivity contribution in [3.8, 4) is 16.9 Å². The largest absolute Gasteiger partial charge is 0.508 e. The average Bonchev–Trinajstić information content (AvgIpc) is 2.54. The number of benzene rings is 2. The van der Waals surface area contributed by atoms with Crippen molar-refractivity contribution in [1.29, 1.82) is 0 Å². The van der Waals surface area contributed by atoms with Gasteiger partial charge in [0.05, 0.1) is 6.61 Å². The summed E-state index contributed by atoms with van der Waals surface area (Å²) in [6.45, 7) is 7.30. The summed E-state index contributed by atoms with van der Waals surface area (Å²) in [6, 6.07) is 10.8. The van der Waals surface area contributed by atoms with Crippen LogP contribution < -0.4 is 0 Å². The van der Waals surface area contributed by atoms with Gasteiger partial charge in [0, 0.05) is 12.5 Å². The summed E-state index contributed by atoms with van der Waals surface area (Å²) >= 11 is 0. The van der Waals surface area contributed by atoms with Gasteiger partial charge >= 0.3 is 5.97 Å². The SMILES string of the molecule is CC.CC(=O)OCc1cc(O)cc(C)c1-c1cccc(CO)c1. The van der Waals surface area contributed by atoms with Crippen LogP contribution in [0.15, 0.2) is 36.4 Å². The average molecular weight is 316 g/mol. The van der Waals surface area contributed by atoms with E-state index in [1.54, 1.807) is 12.1 Å². The maximum atomic E-state index is 11.0. The van der Waals surface area contributed by atoms with Crippen LogP contribution in [-0.4, -0.2) is 16.2 Å². The van der Waals surface area contributed by atoms with E-state index in [4.69, 9.17) is 4.74 Å². The van der Waals surface area contributed by atoms with Gasteiger partial charge in [-0.2, -0.15) is 0 Å². The fourth-order valence-electron chi connectivity index (χ4n) is 2.37. The van der Waals surface area contributed by atoms with Gasteiger partial charge in [0.25, 0.3) is 0 Å². The molecule has 4 heteroatoms. The van der Waals surface area contributed by atoms with E-state index in [1.165, 1.54) is 6.92 Å². The van der Waals surface area contributed by atoms with Gasteiger partial charge in [-0.25, -0.2) is 0 Å². The van der Waals surface area contributed by atoms with Crippen LogP contribution in [0.25, 0.3) is 11.1 Å². The number of hydrogen-bond acceptors (Lipinski definition) is 4. The molecule has 2 aromatic carbocycles. The van der Waals surface area contributed by atoms with Crippen molar-refractivity contribution >= 4 is 5.97 Å². The summed E-state index contributed by atoms with van der Waals surface area (Å²) < 4.78 is 5.06. The van der Waals surface area contributed by atoms with E-state index in [0.717, 1.165) is 27.8 Å². The molecule has 0 saturated carbocycles. The van der Waals surface area contributed by atoms with E-state index >= 15 is 0 Å². The van der Waals surface area contributed by atoms with Gasteiger partial charge in [0.2, 0.25) is 0 Å². The Labute approximate surface area is 137 Å². The molecule has 0 bridgehead atoms. The molecule has 2 N–H and O–H groups in total. The molecule has 2 aromatic rings. The van der Waals surface area contributed by atoms with E-state index in [-0.39, 0.29) is 24.9 Å². The van der Waals surface area contributed by atoms with Gasteiger partial charge < -0.3 is 14.9 Å². The Hall–Kier alpha value is -2.33. The first-order valence-corrected chi connectivity index (χ1v) is 7.67. The first-order chi connectivity index (χ1) is 11.0. The Morgan fingerprint density at radius 2 is 1.87 bits per heavy atom. The standard InChI is InChI=1S/C17H18O4.C2H6/c1-11-6-16(20)8-15(10-21-12(2)19)17(11)14-5-3-4-13(7-14)9-18;1-2/h3-8,18,20H,9-10H2,1-2H3;1-2H3. The maximum Gasteiger partial charge on any atom is 0.302 e. The summed E-state index contributed by atoms with van der Waals surface area (Å²) in [7, 11) is 0. The molecule has 0 atom stereocenters. The molecule has 0 aliphatic carbocycles. The fraction of sp³-hybridized carbons (Fsp3) is 0.316. The number of aliphatic hydroxyl groups is 1. The molecule has 0 aromatic heterocycles. The normalized spacial score (nSPS) is 9.78. The van der Waals surface area contributed by atoms with E-state index < -0.39 is 0 Å². The first-order valence-electron chi connectivity index (χ1n) is 7.67. The summed E-state index contributed by atoms with van der Waals surface area (Å²) in [4.78, 5) is 11.0. The molecule has 0 aliphatic rings. The minimum Gasteiger partial charge on any atom is -0.508 e. The summed E-state index contributed by atoms with van der Waals surface area (Å²) in [6.07, 6.45) is 0. The Morgan fingerprint density at radius 3 is 2.48 bits per heavy atom. The Bertz CT molecular complexity index is 662. The first kappa shape index (κ1) is 18.7. The third-order valence-corrected chi connectivity index (χ3v) is 3.23. The second kappa shape index (κ2) is 8.96. The Kier molecular flexibility index (Phi) is 7.29. The minimum absolute atomic E-state index is 0.0374. The van der Waals surface area contributed by atoms with Crippen LogP contribution in [0.1, 0.15) is 37.5 Å². The number of ether oxygens (including phenoxy) is 1. The monoisotopic (exact) mass is 316 g/mol. The number of hydrogen-bond donors (Lipinski definition) is 2. The zero-order chi connectivity index (χ0) is 17.4. The molecule has 0 spiro atoms. The number of phenolic OH excluding ortho intramolecular Hbond substituents is 1. The Morgan fingerprint density at radius 1 is 1.17 bits per heavy atom. The number of carbonyl (C=O) groups is 1. The number of rotatable bonds is 4. The molecule has 23 heavy (non-hydrogen) atoms. The predicted molar refractivity (Wildman–Crippen MR) is 91.0 cm³/mol. The summed E-state index contributed by atoms with van der Waals surface area (Å²) in [5, 5.41) is 19.0. The zero-order valence-electron chi connectivity index (χ0n) is 14.1. The van der Waals surface area contributed by atoms with Crippen LogP contribution in [0.2, 0.25) is 0 Å². The lowest BCUT2D eigenvalue weighted by molar-refractivity contribution is -0.142. The lowest BCUT2D eigenvalue weighted by Gasteiger charge is -2.14. The topological polar surface area (TPSA) is 66.8 Å². The number of aryl methyl sites for hydroxylation is 1. The molecule has 124 valence electrons. The van der Waals surface area contributed by atoms with Crippen LogP contribution in [0.5, 0.6) is 5.75 Å². The number of phenols is 1. The molecular weight excluding hydrogens is 292 g/mol. The van der Waals surface area contributed by atoms with Gasteiger partial charge in [-0.1, -0.05) is 32.0 Å². The van der Waals surface area contributed by atoms with E-state index in [2.05, 4.69) is 0 Å². The van der Waals surface area contributed by atoms with Gasteiger partial charge in [-0.3, -0.25) is 4.79 Å². The van der Waals surface area contributed by atoms with E-state index in [1.807, 2.05) is 45.0 Å². The molecule has 0 fully saturated rings. The number of aliphatic hydroxyl groups excluding tert-OH is 1. The number of carbonyl (C=O) groups excluding carboxylic acids is 1. The number of aromatic hydroxyl groups is 1. The lowest BCUT2D eigenvalue weighted by atomic mass is 9.94. The molecule has 2 rings (SSSR count). The Balaban J connectivity index is 0.00000127. The van der Waals surface area contributed by atoms with Gasteiger partial charge in [-0.15, -0.1) is 0 Å². The van der Waals surface area contributed by atoms with Crippen molar-refractivity contribution in [2.75, 3.05) is 0 Å². The minimum atomic E-state index is -0.369. The third kappa shape index (κ3) is 5.11. The zero-order valence-corrected chi connectivity index (χ0v) is 14.1. The molecule has 4 nitrogen and oxygen atoms in total. The van der Waals surface area contributed by atoms with E-state index in [9.17, 15) is 15.0 Å². The van der Waals surface area contributed by atoms with Crippen molar-refractivity contribution in [3.63, 3.8) is 0 Å². The van der Waals surface area contributed by atoms with E-state index in [0.29, 0.717) is 0 Å². The van der Waals surface area contributed by atoms with Crippen LogP contribution in [0.4, 0.5) is 0 Å². The predicted octanol–water partition coefficient (Wildman–Crippen LogP) is 3.95. The fourth-order valence-corrected chi connectivity index (χ4v) is 2.37. The summed E-state index contributed by atoms with van der Waals surface area (Å²) in [5.41, 5.74) is 4.24. The van der Waals surface area contributed by atoms with Gasteiger partial charge in [0.15, 0.2) is 0 Å². The van der Waals surface area contributed by atoms with Crippen molar-refractivity contribution in [2.24, 2.45) is 0 Å². The third-order valence-electron chi connectivity index (χ3n) is 3.23. The molecule has 0 amide bonds. The highest BCUT2D eigenvalue weighted by Gasteiger charge is 2.12. The molecule has 0 aliphatic heterocycles. The molecule has 0 saturated heterocycles. The molecule has 0 unspecified atom stereocenters. The second-order valence-corrected chi connectivity index (χ2v) is 4.94. The highest BCUT2D eigenvalue weighted by atomic mass is 16.5. The number of esters is 1. The highest BCUT2D eigenvalue weighted by molar-refractivity contribution is 5.73. The van der Waals surface area contributed by atoms with Crippen LogP contribution in [0.3, 0.4) is 0 Å². The van der Waals surface area contributed by atoms with Gasteiger partial charge in [-0.05, 0) is 47.4 Å². The second-order valence-electron chi connectivity index (χ2n) is 4.94.